The van der Waals surface area contributed by atoms with Crippen LogP contribution in [0.3, 0.4) is 0 Å². The third kappa shape index (κ3) is 5.58. The first-order valence-corrected chi connectivity index (χ1v) is 6.98. The van der Waals surface area contributed by atoms with Crippen molar-refractivity contribution < 1.29 is 0 Å². The van der Waals surface area contributed by atoms with Crippen molar-refractivity contribution in [3.05, 3.63) is 0 Å². The molecule has 0 aromatic heterocycles. The molecule has 0 heterocycles. The minimum atomic E-state index is 0.883. The van der Waals surface area contributed by atoms with Crippen molar-refractivity contribution in [1.29, 1.82) is 0 Å². The highest BCUT2D eigenvalue weighted by atomic mass is 32.2. The van der Waals surface area contributed by atoms with Crippen molar-refractivity contribution in [2.75, 3.05) is 18.6 Å². The summed E-state index contributed by atoms with van der Waals surface area (Å²) in [6, 6.07) is 0.883. The molecular weight excluding hydrogens is 178 g/mol. The van der Waals surface area contributed by atoms with E-state index < -0.39 is 0 Å². The van der Waals surface area contributed by atoms with Gasteiger partial charge in [-0.15, -0.1) is 0 Å². The maximum atomic E-state index is 3.64. The van der Waals surface area contributed by atoms with Gasteiger partial charge in [0.1, 0.15) is 0 Å². The Hall–Kier alpha value is 0.310. The zero-order valence-corrected chi connectivity index (χ0v) is 9.83. The van der Waals surface area contributed by atoms with Crippen LogP contribution in [0.4, 0.5) is 0 Å². The van der Waals surface area contributed by atoms with Crippen LogP contribution in [0.5, 0.6) is 0 Å². The first kappa shape index (κ1) is 11.4. The molecule has 1 saturated carbocycles. The highest BCUT2D eigenvalue weighted by molar-refractivity contribution is 7.98. The van der Waals surface area contributed by atoms with Crippen molar-refractivity contribution in [1.82, 2.24) is 5.32 Å². The summed E-state index contributed by atoms with van der Waals surface area (Å²) in [5.41, 5.74) is 0. The van der Waals surface area contributed by atoms with Crippen LogP contribution in [0.2, 0.25) is 0 Å². The van der Waals surface area contributed by atoms with E-state index in [-0.39, 0.29) is 0 Å². The fraction of sp³-hybridized carbons (Fsp3) is 1.00. The second-order valence-corrected chi connectivity index (χ2v) is 5.10. The van der Waals surface area contributed by atoms with Crippen LogP contribution in [-0.2, 0) is 0 Å². The zero-order valence-electron chi connectivity index (χ0n) is 9.01. The molecule has 78 valence electrons. The van der Waals surface area contributed by atoms with E-state index in [1.807, 2.05) is 11.8 Å². The number of nitrogens with one attached hydrogen (secondary N) is 1. The summed E-state index contributed by atoms with van der Waals surface area (Å²) in [6.07, 6.45) is 9.18. The van der Waals surface area contributed by atoms with Crippen molar-refractivity contribution >= 4 is 11.8 Å². The third-order valence-corrected chi connectivity index (χ3v) is 3.34. The molecule has 0 aliphatic heterocycles. The van der Waals surface area contributed by atoms with Crippen LogP contribution in [0.25, 0.3) is 0 Å². The summed E-state index contributed by atoms with van der Waals surface area (Å²) in [4.78, 5) is 0. The van der Waals surface area contributed by atoms with Gasteiger partial charge < -0.3 is 5.32 Å². The minimum absolute atomic E-state index is 0.883. The molecule has 1 unspecified atom stereocenters. The highest BCUT2D eigenvalue weighted by Gasteiger charge is 2.21. The van der Waals surface area contributed by atoms with Gasteiger partial charge in [-0.1, -0.05) is 13.3 Å². The smallest absolute Gasteiger partial charge is 0.00683 e. The monoisotopic (exact) mass is 201 g/mol. The van der Waals surface area contributed by atoms with Gasteiger partial charge in [-0.25, -0.2) is 0 Å². The Morgan fingerprint density at radius 1 is 1.38 bits per heavy atom. The van der Waals surface area contributed by atoms with E-state index in [0.717, 1.165) is 12.0 Å². The molecule has 0 radical (unpaired) electrons. The molecule has 0 aromatic rings. The Morgan fingerprint density at radius 2 is 2.15 bits per heavy atom. The lowest BCUT2D eigenvalue weighted by Gasteiger charge is -2.15. The molecule has 1 N–H and O–H groups in total. The van der Waals surface area contributed by atoms with Gasteiger partial charge >= 0.3 is 0 Å². The van der Waals surface area contributed by atoms with Crippen LogP contribution in [0.1, 0.15) is 39.0 Å². The fourth-order valence-corrected chi connectivity index (χ4v) is 2.23. The van der Waals surface area contributed by atoms with E-state index in [4.69, 9.17) is 0 Å². The molecule has 1 rings (SSSR count). The molecule has 1 fully saturated rings. The standard InChI is InChI=1S/C11H23NS/c1-3-4-10(7-8-13-2)9-12-11-5-6-11/h10-12H,3-9H2,1-2H3. The second-order valence-electron chi connectivity index (χ2n) is 4.12. The van der Waals surface area contributed by atoms with Gasteiger partial charge in [0, 0.05) is 6.04 Å². The summed E-state index contributed by atoms with van der Waals surface area (Å²) in [7, 11) is 0. The van der Waals surface area contributed by atoms with Gasteiger partial charge in [-0.3, -0.25) is 0 Å². The van der Waals surface area contributed by atoms with Crippen molar-refractivity contribution in [3.63, 3.8) is 0 Å². The van der Waals surface area contributed by atoms with Crippen LogP contribution < -0.4 is 5.32 Å². The Labute approximate surface area is 87.1 Å². The Morgan fingerprint density at radius 3 is 2.69 bits per heavy atom. The molecule has 0 spiro atoms. The minimum Gasteiger partial charge on any atom is -0.314 e. The van der Waals surface area contributed by atoms with Crippen LogP contribution in [-0.4, -0.2) is 24.6 Å². The van der Waals surface area contributed by atoms with Crippen LogP contribution in [0, 0.1) is 5.92 Å². The van der Waals surface area contributed by atoms with E-state index in [0.29, 0.717) is 0 Å². The highest BCUT2D eigenvalue weighted by Crippen LogP contribution is 2.20. The van der Waals surface area contributed by atoms with E-state index in [1.54, 1.807) is 0 Å². The van der Waals surface area contributed by atoms with Gasteiger partial charge in [0.2, 0.25) is 0 Å². The Kier molecular flexibility index (Phi) is 5.88. The maximum Gasteiger partial charge on any atom is 0.00683 e. The Balaban J connectivity index is 2.03. The average molecular weight is 201 g/mol. The molecule has 0 bridgehead atoms. The van der Waals surface area contributed by atoms with Gasteiger partial charge in [-0.05, 0) is 50.2 Å². The van der Waals surface area contributed by atoms with Crippen molar-refractivity contribution in [2.45, 2.75) is 45.1 Å². The number of hydrogen-bond donors (Lipinski definition) is 1. The molecule has 13 heavy (non-hydrogen) atoms. The molecule has 1 atom stereocenters. The van der Waals surface area contributed by atoms with Crippen LogP contribution >= 0.6 is 11.8 Å². The summed E-state index contributed by atoms with van der Waals surface area (Å²) < 4.78 is 0. The predicted octanol–water partition coefficient (Wildman–Crippen LogP) is 2.91. The van der Waals surface area contributed by atoms with E-state index >= 15 is 0 Å². The third-order valence-electron chi connectivity index (χ3n) is 2.70. The summed E-state index contributed by atoms with van der Waals surface area (Å²) in [6.45, 7) is 3.56. The quantitative estimate of drug-likeness (QED) is 0.648. The van der Waals surface area contributed by atoms with E-state index in [2.05, 4.69) is 18.5 Å². The molecular formula is C11H23NS. The SMILES string of the molecule is CCCC(CCSC)CNC1CC1. The first-order chi connectivity index (χ1) is 6.36. The molecule has 1 aliphatic carbocycles. The zero-order chi connectivity index (χ0) is 9.52. The van der Waals surface area contributed by atoms with Crippen molar-refractivity contribution in [3.8, 4) is 0 Å². The number of thioether (sulfide) groups is 1. The first-order valence-electron chi connectivity index (χ1n) is 5.59. The van der Waals surface area contributed by atoms with Crippen LogP contribution in [0.15, 0.2) is 0 Å². The van der Waals surface area contributed by atoms with E-state index in [1.165, 1.54) is 44.4 Å². The Bertz CT molecular complexity index is 123. The molecule has 0 amide bonds. The normalized spacial score (nSPS) is 18.9. The van der Waals surface area contributed by atoms with E-state index in [9.17, 15) is 0 Å². The number of rotatable bonds is 8. The summed E-state index contributed by atoms with van der Waals surface area (Å²) in [5.74, 6) is 2.26. The molecule has 0 aromatic carbocycles. The molecule has 2 heteroatoms. The fourth-order valence-electron chi connectivity index (χ4n) is 1.66. The molecule has 1 nitrogen and oxygen atoms in total. The van der Waals surface area contributed by atoms with Gasteiger partial charge in [0.05, 0.1) is 0 Å². The molecule has 1 aliphatic rings. The predicted molar refractivity (Wildman–Crippen MR) is 62.4 cm³/mol. The second kappa shape index (κ2) is 6.72. The maximum absolute atomic E-state index is 3.64. The van der Waals surface area contributed by atoms with Gasteiger partial charge in [-0.2, -0.15) is 11.8 Å². The van der Waals surface area contributed by atoms with Gasteiger partial charge in [0.25, 0.3) is 0 Å². The average Bonchev–Trinajstić information content (AvgIpc) is 2.93. The van der Waals surface area contributed by atoms with Gasteiger partial charge in [0.15, 0.2) is 0 Å². The lowest BCUT2D eigenvalue weighted by molar-refractivity contribution is 0.430. The number of hydrogen-bond acceptors (Lipinski definition) is 2. The summed E-state index contributed by atoms with van der Waals surface area (Å²) >= 11 is 1.98. The lowest BCUT2D eigenvalue weighted by atomic mass is 10.0. The van der Waals surface area contributed by atoms with Crippen molar-refractivity contribution in [2.24, 2.45) is 5.92 Å². The largest absolute Gasteiger partial charge is 0.314 e. The molecule has 0 saturated heterocycles. The topological polar surface area (TPSA) is 12.0 Å². The lowest BCUT2D eigenvalue weighted by Crippen LogP contribution is -2.25. The summed E-state index contributed by atoms with van der Waals surface area (Å²) in [5, 5.41) is 3.64.